The predicted molar refractivity (Wildman–Crippen MR) is 50.8 cm³/mol. The maximum atomic E-state index is 2.20. The smallest absolute Gasteiger partial charge is 0.253 e. The average molecular weight is 178 g/mol. The van der Waals surface area contributed by atoms with Crippen molar-refractivity contribution in [2.75, 3.05) is 0 Å². The lowest BCUT2D eigenvalue weighted by Crippen LogP contribution is -2.30. The molecule has 0 aliphatic rings. The third-order valence-electron chi connectivity index (χ3n) is 2.58. The lowest BCUT2D eigenvalue weighted by molar-refractivity contribution is -0.652. The van der Waals surface area contributed by atoms with Gasteiger partial charge in [-0.1, -0.05) is 12.1 Å². The fourth-order valence-electron chi connectivity index (χ4n) is 1.61. The number of hydrogen-bond acceptors (Lipinski definition) is 1. The first-order chi connectivity index (χ1) is 5.72. The van der Waals surface area contributed by atoms with Crippen LogP contribution in [0.5, 0.6) is 0 Å². The van der Waals surface area contributed by atoms with Crippen LogP contribution in [0.25, 0.3) is 11.0 Å². The Labute approximate surface area is 77.5 Å². The normalized spacial score (nSPS) is 10.1. The standard InChI is InChI=1S/C10H13N2.H2O/c1-8-11(2)9-6-4-5-7-10(9)12(8)3;/h4-7H,1-3H3;1H2/q+1;/p-1. The van der Waals surface area contributed by atoms with Crippen LogP contribution in [0.15, 0.2) is 24.3 Å². The molecule has 0 spiro atoms. The quantitative estimate of drug-likeness (QED) is 0.557. The van der Waals surface area contributed by atoms with E-state index in [2.05, 4.69) is 54.4 Å². The van der Waals surface area contributed by atoms with E-state index in [1.54, 1.807) is 0 Å². The number of nitrogens with zero attached hydrogens (tertiary/aromatic N) is 2. The third-order valence-corrected chi connectivity index (χ3v) is 2.58. The Bertz CT molecular complexity index is 393. The minimum absolute atomic E-state index is 0. The molecule has 13 heavy (non-hydrogen) atoms. The van der Waals surface area contributed by atoms with Gasteiger partial charge in [0.2, 0.25) is 0 Å². The molecule has 1 heterocycles. The molecule has 70 valence electrons. The summed E-state index contributed by atoms with van der Waals surface area (Å²) in [6, 6.07) is 8.42. The second kappa shape index (κ2) is 3.18. The number of imidazole rings is 1. The highest BCUT2D eigenvalue weighted by molar-refractivity contribution is 5.71. The van der Waals surface area contributed by atoms with Gasteiger partial charge in [0.1, 0.15) is 0 Å². The number of rotatable bonds is 0. The molecule has 1 N–H and O–H groups in total. The van der Waals surface area contributed by atoms with Gasteiger partial charge in [-0.3, -0.25) is 0 Å². The van der Waals surface area contributed by atoms with Gasteiger partial charge in [0.15, 0.2) is 11.0 Å². The van der Waals surface area contributed by atoms with E-state index < -0.39 is 0 Å². The van der Waals surface area contributed by atoms with Crippen molar-refractivity contribution in [1.29, 1.82) is 0 Å². The summed E-state index contributed by atoms with van der Waals surface area (Å²) >= 11 is 0. The molecule has 0 unspecified atom stereocenters. The summed E-state index contributed by atoms with van der Waals surface area (Å²) in [5.41, 5.74) is 2.58. The number of hydrogen-bond donors (Lipinski definition) is 0. The number of para-hydroxylation sites is 2. The van der Waals surface area contributed by atoms with Crippen LogP contribution in [0.1, 0.15) is 5.82 Å². The van der Waals surface area contributed by atoms with Gasteiger partial charge in [0.05, 0.1) is 14.1 Å². The maximum Gasteiger partial charge on any atom is 0.253 e. The summed E-state index contributed by atoms with van der Waals surface area (Å²) in [6.45, 7) is 2.12. The molecule has 1 aromatic heterocycles. The van der Waals surface area contributed by atoms with Crippen molar-refractivity contribution >= 4 is 11.0 Å². The number of aromatic nitrogens is 2. The zero-order valence-corrected chi connectivity index (χ0v) is 8.15. The van der Waals surface area contributed by atoms with Crippen LogP contribution in [0.4, 0.5) is 0 Å². The third kappa shape index (κ3) is 1.21. The lowest BCUT2D eigenvalue weighted by atomic mass is 10.3. The van der Waals surface area contributed by atoms with E-state index in [1.165, 1.54) is 16.9 Å². The first kappa shape index (κ1) is 9.74. The summed E-state index contributed by atoms with van der Waals surface area (Å²) in [5.74, 6) is 1.27. The minimum Gasteiger partial charge on any atom is -0.870 e. The minimum atomic E-state index is 0. The molecule has 0 atom stereocenters. The van der Waals surface area contributed by atoms with Gasteiger partial charge < -0.3 is 5.48 Å². The van der Waals surface area contributed by atoms with Crippen LogP contribution in [0.2, 0.25) is 0 Å². The molecule has 2 rings (SSSR count). The Morgan fingerprint density at radius 2 is 1.85 bits per heavy atom. The summed E-state index contributed by atoms with van der Waals surface area (Å²) in [7, 11) is 4.19. The molecule has 0 radical (unpaired) electrons. The Balaban J connectivity index is 0.000000845. The maximum absolute atomic E-state index is 2.20. The van der Waals surface area contributed by atoms with E-state index in [4.69, 9.17) is 0 Å². The van der Waals surface area contributed by atoms with Crippen molar-refractivity contribution in [3.8, 4) is 0 Å². The van der Waals surface area contributed by atoms with E-state index in [0.29, 0.717) is 0 Å². The van der Waals surface area contributed by atoms with Gasteiger partial charge in [-0.15, -0.1) is 0 Å². The first-order valence-electron chi connectivity index (χ1n) is 4.12. The average Bonchev–Trinajstić information content (AvgIpc) is 2.33. The Morgan fingerprint density at radius 1 is 1.23 bits per heavy atom. The monoisotopic (exact) mass is 178 g/mol. The Kier molecular flexibility index (Phi) is 2.38. The number of benzene rings is 1. The molecular weight excluding hydrogens is 164 g/mol. The zero-order chi connectivity index (χ0) is 8.72. The van der Waals surface area contributed by atoms with Crippen LogP contribution in [0, 0.1) is 6.92 Å². The van der Waals surface area contributed by atoms with Crippen molar-refractivity contribution in [1.82, 2.24) is 4.57 Å². The van der Waals surface area contributed by atoms with Gasteiger partial charge in [-0.05, 0) is 12.1 Å². The highest BCUT2D eigenvalue weighted by atomic mass is 16.0. The molecule has 0 fully saturated rings. The summed E-state index contributed by atoms with van der Waals surface area (Å²) in [5, 5.41) is 0. The lowest BCUT2D eigenvalue weighted by Gasteiger charge is -1.86. The first-order valence-corrected chi connectivity index (χ1v) is 4.12. The largest absolute Gasteiger partial charge is 0.870 e. The van der Waals surface area contributed by atoms with E-state index >= 15 is 0 Å². The SMILES string of the molecule is Cc1n(C)c2ccccc2[n+]1C.[OH-]. The highest BCUT2D eigenvalue weighted by Crippen LogP contribution is 2.10. The summed E-state index contributed by atoms with van der Waals surface area (Å²) in [6.07, 6.45) is 0. The zero-order valence-electron chi connectivity index (χ0n) is 8.15. The summed E-state index contributed by atoms with van der Waals surface area (Å²) in [4.78, 5) is 0. The fraction of sp³-hybridized carbons (Fsp3) is 0.300. The fourth-order valence-corrected chi connectivity index (χ4v) is 1.61. The van der Waals surface area contributed by atoms with Crippen molar-refractivity contribution in [3.05, 3.63) is 30.1 Å². The van der Waals surface area contributed by atoms with Crippen LogP contribution in [-0.2, 0) is 14.1 Å². The molecular formula is C10H14N2O. The van der Waals surface area contributed by atoms with Crippen LogP contribution < -0.4 is 4.57 Å². The van der Waals surface area contributed by atoms with Crippen LogP contribution in [0.3, 0.4) is 0 Å². The molecule has 3 nitrogen and oxygen atoms in total. The molecule has 0 saturated heterocycles. The number of aryl methyl sites for hydroxylation is 2. The predicted octanol–water partition coefficient (Wildman–Crippen LogP) is 1.13. The second-order valence-corrected chi connectivity index (χ2v) is 3.15. The molecule has 0 bridgehead atoms. The van der Waals surface area contributed by atoms with Gasteiger partial charge in [-0.25, -0.2) is 9.13 Å². The van der Waals surface area contributed by atoms with Gasteiger partial charge >= 0.3 is 0 Å². The van der Waals surface area contributed by atoms with E-state index in [1.807, 2.05) is 0 Å². The van der Waals surface area contributed by atoms with E-state index in [0.717, 1.165) is 0 Å². The van der Waals surface area contributed by atoms with Crippen molar-refractivity contribution in [2.45, 2.75) is 6.92 Å². The van der Waals surface area contributed by atoms with Crippen molar-refractivity contribution in [2.24, 2.45) is 14.1 Å². The van der Waals surface area contributed by atoms with E-state index in [-0.39, 0.29) is 5.48 Å². The summed E-state index contributed by atoms with van der Waals surface area (Å²) < 4.78 is 4.41. The Hall–Kier alpha value is -1.35. The molecule has 3 heteroatoms. The van der Waals surface area contributed by atoms with Crippen LogP contribution in [-0.4, -0.2) is 10.0 Å². The van der Waals surface area contributed by atoms with Crippen molar-refractivity contribution < 1.29 is 10.0 Å². The van der Waals surface area contributed by atoms with Crippen molar-refractivity contribution in [3.63, 3.8) is 0 Å². The molecule has 2 aromatic rings. The number of fused-ring (bicyclic) bond motifs is 1. The second-order valence-electron chi connectivity index (χ2n) is 3.15. The van der Waals surface area contributed by atoms with Gasteiger partial charge in [-0.2, -0.15) is 0 Å². The van der Waals surface area contributed by atoms with Gasteiger partial charge in [0, 0.05) is 6.92 Å². The van der Waals surface area contributed by atoms with Gasteiger partial charge in [0.25, 0.3) is 5.82 Å². The highest BCUT2D eigenvalue weighted by Gasteiger charge is 2.13. The van der Waals surface area contributed by atoms with Crippen LogP contribution >= 0.6 is 0 Å². The molecule has 0 aliphatic carbocycles. The molecule has 0 amide bonds. The molecule has 1 aromatic carbocycles. The Morgan fingerprint density at radius 3 is 2.46 bits per heavy atom. The van der Waals surface area contributed by atoms with E-state index in [9.17, 15) is 0 Å². The molecule has 0 saturated carbocycles. The molecule has 0 aliphatic heterocycles. The topological polar surface area (TPSA) is 38.8 Å².